The van der Waals surface area contributed by atoms with Crippen LogP contribution in [-0.2, 0) is 0 Å². The van der Waals surface area contributed by atoms with Crippen LogP contribution in [-0.4, -0.2) is 17.5 Å². The van der Waals surface area contributed by atoms with Gasteiger partial charge in [-0.2, -0.15) is 4.39 Å². The second-order valence-electron chi connectivity index (χ2n) is 4.72. The fourth-order valence-corrected chi connectivity index (χ4v) is 2.50. The first-order valence-electron chi connectivity index (χ1n) is 6.13. The highest BCUT2D eigenvalue weighted by Gasteiger charge is 2.28. The highest BCUT2D eigenvalue weighted by molar-refractivity contribution is 5.53. The van der Waals surface area contributed by atoms with Crippen molar-refractivity contribution in [2.24, 2.45) is 11.7 Å². The number of hydrogen-bond acceptors (Lipinski definition) is 4. The van der Waals surface area contributed by atoms with E-state index in [4.69, 9.17) is 5.73 Å². The van der Waals surface area contributed by atoms with Crippen molar-refractivity contribution < 1.29 is 13.7 Å². The molecule has 0 heterocycles. The summed E-state index contributed by atoms with van der Waals surface area (Å²) in [4.78, 5) is 9.77. The standard InChI is InChI=1S/C12H15F2N3O2/c13-8-4-9(14)12(17(18)19)5-11(8)16-10-3-1-2-7(10)6-15/h4-5,7,10,16H,1-3,6,15H2. The first-order valence-corrected chi connectivity index (χ1v) is 6.13. The van der Waals surface area contributed by atoms with Gasteiger partial charge in [-0.15, -0.1) is 0 Å². The molecule has 104 valence electrons. The van der Waals surface area contributed by atoms with Gasteiger partial charge in [-0.25, -0.2) is 4.39 Å². The van der Waals surface area contributed by atoms with Crippen molar-refractivity contribution in [3.63, 3.8) is 0 Å². The number of nitrogens with one attached hydrogen (secondary N) is 1. The molecule has 3 N–H and O–H groups in total. The minimum absolute atomic E-state index is 0.0236. The van der Waals surface area contributed by atoms with Crippen molar-refractivity contribution in [3.05, 3.63) is 33.9 Å². The molecule has 1 aromatic carbocycles. The lowest BCUT2D eigenvalue weighted by molar-refractivity contribution is -0.387. The fraction of sp³-hybridized carbons (Fsp3) is 0.500. The number of anilines is 1. The van der Waals surface area contributed by atoms with Gasteiger partial charge in [0.05, 0.1) is 10.6 Å². The molecule has 1 fully saturated rings. The van der Waals surface area contributed by atoms with E-state index in [9.17, 15) is 18.9 Å². The van der Waals surface area contributed by atoms with Crippen molar-refractivity contribution in [1.82, 2.24) is 0 Å². The molecule has 7 heteroatoms. The van der Waals surface area contributed by atoms with Crippen molar-refractivity contribution in [2.75, 3.05) is 11.9 Å². The van der Waals surface area contributed by atoms with E-state index in [-0.39, 0.29) is 17.6 Å². The third kappa shape index (κ3) is 2.81. The zero-order valence-corrected chi connectivity index (χ0v) is 10.2. The Labute approximate surface area is 108 Å². The summed E-state index contributed by atoms with van der Waals surface area (Å²) in [5.41, 5.74) is 4.84. The summed E-state index contributed by atoms with van der Waals surface area (Å²) in [6.45, 7) is 0.475. The van der Waals surface area contributed by atoms with Gasteiger partial charge in [0.2, 0.25) is 5.82 Å². The van der Waals surface area contributed by atoms with E-state index in [1.54, 1.807) is 0 Å². The summed E-state index contributed by atoms with van der Waals surface area (Å²) in [6.07, 6.45) is 2.75. The van der Waals surface area contributed by atoms with E-state index >= 15 is 0 Å². The summed E-state index contributed by atoms with van der Waals surface area (Å²) < 4.78 is 26.8. The predicted octanol–water partition coefficient (Wildman–Crippen LogP) is 2.41. The molecule has 1 aliphatic rings. The van der Waals surface area contributed by atoms with E-state index in [1.165, 1.54) is 0 Å². The topological polar surface area (TPSA) is 81.2 Å². The van der Waals surface area contributed by atoms with Gasteiger partial charge in [0.1, 0.15) is 5.82 Å². The molecular formula is C12H15F2N3O2. The summed E-state index contributed by atoms with van der Waals surface area (Å²) >= 11 is 0. The average Bonchev–Trinajstić information content (AvgIpc) is 2.79. The lowest BCUT2D eigenvalue weighted by atomic mass is 10.0. The van der Waals surface area contributed by atoms with Gasteiger partial charge >= 0.3 is 5.69 Å². The molecule has 1 aromatic rings. The molecule has 0 amide bonds. The van der Waals surface area contributed by atoms with Crippen molar-refractivity contribution >= 4 is 11.4 Å². The summed E-state index contributed by atoms with van der Waals surface area (Å²) in [5.74, 6) is -1.79. The number of nitrogens with zero attached hydrogens (tertiary/aromatic N) is 1. The molecular weight excluding hydrogens is 256 g/mol. The Balaban J connectivity index is 2.24. The van der Waals surface area contributed by atoms with E-state index < -0.39 is 22.2 Å². The summed E-state index contributed by atoms with van der Waals surface area (Å²) in [6, 6.07) is 1.41. The van der Waals surface area contributed by atoms with Crippen molar-refractivity contribution in [3.8, 4) is 0 Å². The largest absolute Gasteiger partial charge is 0.379 e. The second kappa shape index (κ2) is 5.48. The number of rotatable bonds is 4. The van der Waals surface area contributed by atoms with E-state index in [0.717, 1.165) is 25.3 Å². The number of nitrogens with two attached hydrogens (primary N) is 1. The van der Waals surface area contributed by atoms with Gasteiger partial charge in [0, 0.05) is 18.2 Å². The van der Waals surface area contributed by atoms with Crippen LogP contribution in [0.4, 0.5) is 20.2 Å². The van der Waals surface area contributed by atoms with Gasteiger partial charge in [0.15, 0.2) is 0 Å². The van der Waals surface area contributed by atoms with Gasteiger partial charge in [-0.05, 0) is 25.3 Å². The second-order valence-corrected chi connectivity index (χ2v) is 4.72. The Morgan fingerprint density at radius 2 is 2.11 bits per heavy atom. The maximum atomic E-state index is 13.6. The zero-order chi connectivity index (χ0) is 14.0. The normalized spacial score (nSPS) is 22.5. The minimum atomic E-state index is -1.17. The Kier molecular flexibility index (Phi) is 3.94. The molecule has 0 saturated heterocycles. The van der Waals surface area contributed by atoms with Crippen LogP contribution >= 0.6 is 0 Å². The minimum Gasteiger partial charge on any atom is -0.379 e. The smallest absolute Gasteiger partial charge is 0.307 e. The monoisotopic (exact) mass is 271 g/mol. The van der Waals surface area contributed by atoms with Crippen molar-refractivity contribution in [2.45, 2.75) is 25.3 Å². The van der Waals surface area contributed by atoms with Crippen molar-refractivity contribution in [1.29, 1.82) is 0 Å². The average molecular weight is 271 g/mol. The van der Waals surface area contributed by atoms with Crippen LogP contribution in [0.3, 0.4) is 0 Å². The number of halogens is 2. The molecule has 2 unspecified atom stereocenters. The Morgan fingerprint density at radius 1 is 1.37 bits per heavy atom. The molecule has 1 saturated carbocycles. The van der Waals surface area contributed by atoms with E-state index in [1.807, 2.05) is 0 Å². The summed E-state index contributed by atoms with van der Waals surface area (Å²) in [5, 5.41) is 13.5. The Morgan fingerprint density at radius 3 is 2.74 bits per heavy atom. The molecule has 0 spiro atoms. The summed E-state index contributed by atoms with van der Waals surface area (Å²) in [7, 11) is 0. The van der Waals surface area contributed by atoms with Gasteiger partial charge in [-0.3, -0.25) is 10.1 Å². The van der Waals surface area contributed by atoms with Crippen LogP contribution in [0, 0.1) is 27.7 Å². The van der Waals surface area contributed by atoms with Crippen LogP contribution < -0.4 is 11.1 Å². The van der Waals surface area contributed by atoms with Gasteiger partial charge < -0.3 is 11.1 Å². The molecule has 19 heavy (non-hydrogen) atoms. The third-order valence-corrected chi connectivity index (χ3v) is 3.54. The molecule has 0 aliphatic heterocycles. The number of nitro benzene ring substituents is 1. The maximum absolute atomic E-state index is 13.6. The van der Waals surface area contributed by atoms with Crippen LogP contribution in [0.1, 0.15) is 19.3 Å². The first-order chi connectivity index (χ1) is 9.02. The molecule has 2 atom stereocenters. The van der Waals surface area contributed by atoms with Crippen LogP contribution in [0.15, 0.2) is 12.1 Å². The SMILES string of the molecule is NCC1CCCC1Nc1cc([N+](=O)[O-])c(F)cc1F. The highest BCUT2D eigenvalue weighted by Crippen LogP contribution is 2.31. The maximum Gasteiger partial charge on any atom is 0.307 e. The van der Waals surface area contributed by atoms with Gasteiger partial charge in [0.25, 0.3) is 0 Å². The fourth-order valence-electron chi connectivity index (χ4n) is 2.50. The van der Waals surface area contributed by atoms with Crippen LogP contribution in [0.2, 0.25) is 0 Å². The van der Waals surface area contributed by atoms with E-state index in [2.05, 4.69) is 5.32 Å². The highest BCUT2D eigenvalue weighted by atomic mass is 19.1. The zero-order valence-electron chi connectivity index (χ0n) is 10.2. The molecule has 0 radical (unpaired) electrons. The number of hydrogen-bond donors (Lipinski definition) is 2. The van der Waals surface area contributed by atoms with Crippen LogP contribution in [0.25, 0.3) is 0 Å². The molecule has 2 rings (SSSR count). The lowest BCUT2D eigenvalue weighted by Crippen LogP contribution is -2.29. The number of benzene rings is 1. The molecule has 5 nitrogen and oxygen atoms in total. The Bertz CT molecular complexity index is 496. The predicted molar refractivity (Wildman–Crippen MR) is 66.8 cm³/mol. The quantitative estimate of drug-likeness (QED) is 0.651. The Hall–Kier alpha value is -1.76. The lowest BCUT2D eigenvalue weighted by Gasteiger charge is -2.20. The first kappa shape index (κ1) is 13.7. The molecule has 1 aliphatic carbocycles. The third-order valence-electron chi connectivity index (χ3n) is 3.54. The molecule has 0 aromatic heterocycles. The van der Waals surface area contributed by atoms with Crippen LogP contribution in [0.5, 0.6) is 0 Å². The van der Waals surface area contributed by atoms with E-state index in [0.29, 0.717) is 12.6 Å². The molecule has 0 bridgehead atoms. The van der Waals surface area contributed by atoms with Gasteiger partial charge in [-0.1, -0.05) is 6.42 Å². The number of nitro groups is 1.